The number of methoxy groups -OCH3 is 2. The molecular weight excluding hydrogens is 274 g/mol. The maximum Gasteiger partial charge on any atom is 0.107 e. The van der Waals surface area contributed by atoms with Crippen LogP contribution in [0.15, 0.2) is 5.38 Å². The molecule has 1 saturated carbocycles. The zero-order valence-electron chi connectivity index (χ0n) is 12.4. The van der Waals surface area contributed by atoms with E-state index in [9.17, 15) is 0 Å². The third-order valence-electron chi connectivity index (χ3n) is 3.33. The summed E-state index contributed by atoms with van der Waals surface area (Å²) in [5.74, 6) is 0. The highest BCUT2D eigenvalue weighted by Crippen LogP contribution is 2.20. The Morgan fingerprint density at radius 2 is 2.00 bits per heavy atom. The normalized spacial score (nSPS) is 15.2. The fraction of sp³-hybridized carbons (Fsp3) is 0.786. The van der Waals surface area contributed by atoms with Crippen molar-refractivity contribution in [2.45, 2.75) is 32.0 Å². The fourth-order valence-electron chi connectivity index (χ4n) is 1.96. The zero-order valence-corrected chi connectivity index (χ0v) is 13.2. The van der Waals surface area contributed by atoms with Gasteiger partial charge in [-0.2, -0.15) is 0 Å². The van der Waals surface area contributed by atoms with Crippen molar-refractivity contribution < 1.29 is 9.47 Å². The largest absolute Gasteiger partial charge is 0.383 e. The van der Waals surface area contributed by atoms with E-state index in [1.54, 1.807) is 25.6 Å². The van der Waals surface area contributed by atoms with Gasteiger partial charge in [0.1, 0.15) is 5.01 Å². The molecule has 2 rings (SSSR count). The Morgan fingerprint density at radius 1 is 1.30 bits per heavy atom. The van der Waals surface area contributed by atoms with Crippen molar-refractivity contribution in [3.63, 3.8) is 0 Å². The van der Waals surface area contributed by atoms with Gasteiger partial charge in [-0.15, -0.1) is 11.3 Å². The summed E-state index contributed by atoms with van der Waals surface area (Å²) in [5, 5.41) is 6.85. The molecule has 114 valence electrons. The Hall–Kier alpha value is -0.530. The molecule has 0 spiro atoms. The number of hydrogen-bond acceptors (Lipinski definition) is 6. The molecule has 1 aliphatic carbocycles. The quantitative estimate of drug-likeness (QED) is 0.671. The van der Waals surface area contributed by atoms with Crippen molar-refractivity contribution in [3.8, 4) is 0 Å². The molecule has 0 aliphatic heterocycles. The molecule has 5 nitrogen and oxygen atoms in total. The van der Waals surface area contributed by atoms with E-state index in [4.69, 9.17) is 14.5 Å². The summed E-state index contributed by atoms with van der Waals surface area (Å²) >= 11 is 1.75. The molecule has 20 heavy (non-hydrogen) atoms. The third kappa shape index (κ3) is 5.85. The summed E-state index contributed by atoms with van der Waals surface area (Å²) in [6.07, 6.45) is 2.64. The lowest BCUT2D eigenvalue weighted by Crippen LogP contribution is -2.30. The topological polar surface area (TPSA) is 46.6 Å². The number of hydrogen-bond donors (Lipinski definition) is 1. The molecule has 1 aliphatic rings. The predicted octanol–water partition coefficient (Wildman–Crippen LogP) is 1.49. The lowest BCUT2D eigenvalue weighted by molar-refractivity contribution is 0.109. The van der Waals surface area contributed by atoms with E-state index in [0.29, 0.717) is 0 Å². The second-order valence-corrected chi connectivity index (χ2v) is 6.09. The van der Waals surface area contributed by atoms with Gasteiger partial charge < -0.3 is 14.8 Å². The highest BCUT2D eigenvalue weighted by Gasteiger charge is 2.20. The van der Waals surface area contributed by atoms with E-state index < -0.39 is 0 Å². The van der Waals surface area contributed by atoms with E-state index in [-0.39, 0.29) is 0 Å². The highest BCUT2D eigenvalue weighted by molar-refractivity contribution is 7.09. The maximum atomic E-state index is 5.16. The SMILES string of the molecule is COCCN(CCOC)Cc1csc(CNC2CC2)n1. The summed E-state index contributed by atoms with van der Waals surface area (Å²) in [6.45, 7) is 5.08. The smallest absolute Gasteiger partial charge is 0.107 e. The van der Waals surface area contributed by atoms with E-state index in [1.807, 2.05) is 0 Å². The molecule has 1 aromatic rings. The first-order valence-electron chi connectivity index (χ1n) is 7.18. The standard InChI is InChI=1S/C14H25N3O2S/c1-18-7-5-17(6-8-19-2)10-13-11-20-14(16-13)9-15-12-3-4-12/h11-12,15H,3-10H2,1-2H3. The first-order chi connectivity index (χ1) is 9.81. The van der Waals surface area contributed by atoms with Crippen LogP contribution in [-0.2, 0) is 22.6 Å². The number of nitrogens with zero attached hydrogens (tertiary/aromatic N) is 2. The second-order valence-electron chi connectivity index (χ2n) is 5.15. The van der Waals surface area contributed by atoms with Crippen LogP contribution < -0.4 is 5.32 Å². The molecule has 6 heteroatoms. The van der Waals surface area contributed by atoms with Gasteiger partial charge in [-0.1, -0.05) is 0 Å². The van der Waals surface area contributed by atoms with Crippen LogP contribution in [-0.4, -0.2) is 56.4 Å². The molecule has 0 bridgehead atoms. The second kappa shape index (κ2) is 8.69. The van der Waals surface area contributed by atoms with Crippen molar-refractivity contribution in [2.24, 2.45) is 0 Å². The molecule has 0 aromatic carbocycles. The minimum Gasteiger partial charge on any atom is -0.383 e. The van der Waals surface area contributed by atoms with Crippen LogP contribution in [0.3, 0.4) is 0 Å². The van der Waals surface area contributed by atoms with Crippen LogP contribution in [0, 0.1) is 0 Å². The molecular formula is C14H25N3O2S. The maximum absolute atomic E-state index is 5.16. The minimum atomic E-state index is 0.738. The Balaban J connectivity index is 1.77. The minimum absolute atomic E-state index is 0.738. The van der Waals surface area contributed by atoms with E-state index in [0.717, 1.165) is 51.1 Å². The van der Waals surface area contributed by atoms with Crippen molar-refractivity contribution in [2.75, 3.05) is 40.5 Å². The number of rotatable bonds is 11. The molecule has 0 saturated heterocycles. The lowest BCUT2D eigenvalue weighted by atomic mass is 10.4. The zero-order chi connectivity index (χ0) is 14.2. The number of nitrogens with one attached hydrogen (secondary N) is 1. The van der Waals surface area contributed by atoms with Crippen LogP contribution >= 0.6 is 11.3 Å². The molecule has 0 amide bonds. The van der Waals surface area contributed by atoms with Crippen LogP contribution in [0.1, 0.15) is 23.5 Å². The average Bonchev–Trinajstić information content (AvgIpc) is 3.19. The van der Waals surface area contributed by atoms with Crippen molar-refractivity contribution >= 4 is 11.3 Å². The molecule has 0 unspecified atom stereocenters. The monoisotopic (exact) mass is 299 g/mol. The Kier molecular flexibility index (Phi) is 6.89. The molecule has 0 atom stereocenters. The first-order valence-corrected chi connectivity index (χ1v) is 8.06. The number of aromatic nitrogens is 1. The molecule has 1 N–H and O–H groups in total. The first kappa shape index (κ1) is 15.9. The van der Waals surface area contributed by atoms with Crippen LogP contribution in [0.25, 0.3) is 0 Å². The van der Waals surface area contributed by atoms with Crippen molar-refractivity contribution in [1.82, 2.24) is 15.2 Å². The van der Waals surface area contributed by atoms with Crippen LogP contribution in [0.2, 0.25) is 0 Å². The van der Waals surface area contributed by atoms with Crippen LogP contribution in [0.4, 0.5) is 0 Å². The van der Waals surface area contributed by atoms with E-state index >= 15 is 0 Å². The third-order valence-corrected chi connectivity index (χ3v) is 4.23. The summed E-state index contributed by atoms with van der Waals surface area (Å²) in [4.78, 5) is 7.02. The van der Waals surface area contributed by atoms with Gasteiger partial charge in [0.2, 0.25) is 0 Å². The molecule has 1 heterocycles. The Labute approximate surface area is 125 Å². The van der Waals surface area contributed by atoms with Gasteiger partial charge >= 0.3 is 0 Å². The van der Waals surface area contributed by atoms with Gasteiger partial charge in [-0.3, -0.25) is 4.90 Å². The highest BCUT2D eigenvalue weighted by atomic mass is 32.1. The van der Waals surface area contributed by atoms with Crippen LogP contribution in [0.5, 0.6) is 0 Å². The van der Waals surface area contributed by atoms with Crippen molar-refractivity contribution in [3.05, 3.63) is 16.1 Å². The van der Waals surface area contributed by atoms with Gasteiger partial charge in [-0.05, 0) is 12.8 Å². The molecule has 1 aromatic heterocycles. The van der Waals surface area contributed by atoms with E-state index in [2.05, 4.69) is 15.6 Å². The van der Waals surface area contributed by atoms with E-state index in [1.165, 1.54) is 17.8 Å². The van der Waals surface area contributed by atoms with Gasteiger partial charge in [0.25, 0.3) is 0 Å². The van der Waals surface area contributed by atoms with Crippen molar-refractivity contribution in [1.29, 1.82) is 0 Å². The van der Waals surface area contributed by atoms with Gasteiger partial charge in [0.15, 0.2) is 0 Å². The average molecular weight is 299 g/mol. The lowest BCUT2D eigenvalue weighted by Gasteiger charge is -2.20. The predicted molar refractivity (Wildman–Crippen MR) is 81.0 cm³/mol. The Morgan fingerprint density at radius 3 is 2.60 bits per heavy atom. The number of thiazole rings is 1. The molecule has 1 fully saturated rings. The molecule has 0 radical (unpaired) electrons. The van der Waals surface area contributed by atoms with Gasteiger partial charge in [-0.25, -0.2) is 4.98 Å². The fourth-order valence-corrected chi connectivity index (χ4v) is 2.70. The Bertz CT molecular complexity index is 374. The van der Waals surface area contributed by atoms with Gasteiger partial charge in [0.05, 0.1) is 18.9 Å². The number of ether oxygens (including phenoxy) is 2. The summed E-state index contributed by atoms with van der Waals surface area (Å²) < 4.78 is 10.3. The summed E-state index contributed by atoms with van der Waals surface area (Å²) in [6, 6.07) is 0.738. The summed E-state index contributed by atoms with van der Waals surface area (Å²) in [7, 11) is 3.47. The van der Waals surface area contributed by atoms with Gasteiger partial charge in [0, 0.05) is 51.8 Å². The summed E-state index contributed by atoms with van der Waals surface area (Å²) in [5.41, 5.74) is 1.15.